The first-order valence-electron chi connectivity index (χ1n) is 4.24. The zero-order chi connectivity index (χ0) is 8.97. The fraction of sp³-hybridized carbons (Fsp3) is 0.556. The third-order valence-electron chi connectivity index (χ3n) is 1.76. The quantitative estimate of drug-likeness (QED) is 0.676. The van der Waals surface area contributed by atoms with Crippen molar-refractivity contribution in [2.75, 3.05) is 18.0 Å². The lowest BCUT2D eigenvalue weighted by atomic mass is 10.4. The van der Waals surface area contributed by atoms with E-state index in [9.17, 15) is 0 Å². The highest BCUT2D eigenvalue weighted by Gasteiger charge is 2.03. The number of rotatable bonds is 3. The molecule has 0 saturated heterocycles. The van der Waals surface area contributed by atoms with E-state index in [1.165, 1.54) is 0 Å². The molecule has 0 fully saturated rings. The maximum absolute atomic E-state index is 4.30. The molecular weight excluding hydrogens is 150 g/mol. The Morgan fingerprint density at radius 1 is 1.42 bits per heavy atom. The maximum atomic E-state index is 4.30. The fourth-order valence-electron chi connectivity index (χ4n) is 1.05. The molecule has 0 aliphatic carbocycles. The largest absolute Gasteiger partial charge is 0.341 e. The summed E-state index contributed by atoms with van der Waals surface area (Å²) in [5, 5.41) is 0. The first kappa shape index (κ1) is 8.97. The van der Waals surface area contributed by atoms with Crippen LogP contribution in [0.25, 0.3) is 0 Å². The van der Waals surface area contributed by atoms with Crippen LogP contribution in [-0.4, -0.2) is 23.1 Å². The van der Waals surface area contributed by atoms with Crippen molar-refractivity contribution in [1.29, 1.82) is 0 Å². The van der Waals surface area contributed by atoms with E-state index in [4.69, 9.17) is 0 Å². The van der Waals surface area contributed by atoms with Crippen LogP contribution < -0.4 is 4.90 Å². The van der Waals surface area contributed by atoms with Crippen LogP contribution in [0.2, 0.25) is 0 Å². The average molecular weight is 164 g/mol. The van der Waals surface area contributed by atoms with Crippen LogP contribution in [0.1, 0.15) is 19.5 Å². The van der Waals surface area contributed by atoms with Gasteiger partial charge in [-0.25, -0.2) is 9.97 Å². The molecule has 0 atom stereocenters. The third kappa shape index (κ3) is 1.94. The molecule has 1 rings (SSSR count). The zero-order valence-corrected chi connectivity index (χ0v) is 7.83. The van der Waals surface area contributed by atoms with Crippen molar-refractivity contribution in [3.05, 3.63) is 18.0 Å². The van der Waals surface area contributed by atoms with Gasteiger partial charge in [0.2, 0.25) is 5.95 Å². The predicted molar refractivity (Wildman–Crippen MR) is 49.2 cm³/mol. The van der Waals surface area contributed by atoms with Gasteiger partial charge in [0.1, 0.15) is 0 Å². The van der Waals surface area contributed by atoms with Gasteiger partial charge in [-0.15, -0.1) is 0 Å². The Morgan fingerprint density at radius 2 is 2.08 bits per heavy atom. The van der Waals surface area contributed by atoms with Crippen LogP contribution in [0.4, 0.5) is 5.95 Å². The van der Waals surface area contributed by atoms with E-state index in [0.717, 1.165) is 24.7 Å². The number of hydrogen-bond donors (Lipinski definition) is 0. The molecule has 65 valence electrons. The second kappa shape index (κ2) is 4.04. The van der Waals surface area contributed by atoms with E-state index in [1.807, 2.05) is 6.92 Å². The Hall–Kier alpha value is -1.12. The molecule has 1 aromatic heterocycles. The van der Waals surface area contributed by atoms with Crippen LogP contribution in [0.15, 0.2) is 6.07 Å². The Kier molecular flexibility index (Phi) is 3.02. The molecule has 0 spiro atoms. The van der Waals surface area contributed by atoms with Crippen molar-refractivity contribution in [3.63, 3.8) is 0 Å². The van der Waals surface area contributed by atoms with Crippen molar-refractivity contribution in [2.45, 2.75) is 20.8 Å². The lowest BCUT2D eigenvalue weighted by molar-refractivity contribution is 0.815. The zero-order valence-electron chi connectivity index (χ0n) is 7.83. The van der Waals surface area contributed by atoms with Gasteiger partial charge in [-0.2, -0.15) is 0 Å². The summed E-state index contributed by atoms with van der Waals surface area (Å²) >= 11 is 0. The molecule has 0 amide bonds. The minimum Gasteiger partial charge on any atom is -0.341 e. The summed E-state index contributed by atoms with van der Waals surface area (Å²) in [6.07, 6.45) is 2.82. The molecule has 1 heterocycles. The third-order valence-corrected chi connectivity index (χ3v) is 1.76. The van der Waals surface area contributed by atoms with Crippen LogP contribution in [0, 0.1) is 13.1 Å². The van der Waals surface area contributed by atoms with E-state index >= 15 is 0 Å². The average Bonchev–Trinajstić information content (AvgIpc) is 2.07. The van der Waals surface area contributed by atoms with Crippen LogP contribution in [0.5, 0.6) is 0 Å². The highest BCUT2D eigenvalue weighted by Crippen LogP contribution is 2.05. The predicted octanol–water partition coefficient (Wildman–Crippen LogP) is 1.43. The second-order valence-corrected chi connectivity index (χ2v) is 2.61. The number of nitrogens with zero attached hydrogens (tertiary/aromatic N) is 3. The molecule has 3 heteroatoms. The minimum absolute atomic E-state index is 0.778. The van der Waals surface area contributed by atoms with Gasteiger partial charge in [0.15, 0.2) is 0 Å². The summed E-state index contributed by atoms with van der Waals surface area (Å²) in [7, 11) is 0. The molecule has 12 heavy (non-hydrogen) atoms. The summed E-state index contributed by atoms with van der Waals surface area (Å²) in [6.45, 7) is 8.01. The number of hydrogen-bond acceptors (Lipinski definition) is 3. The summed E-state index contributed by atoms with van der Waals surface area (Å²) in [5.74, 6) is 0.778. The molecule has 1 radical (unpaired) electrons. The van der Waals surface area contributed by atoms with Crippen molar-refractivity contribution in [2.24, 2.45) is 0 Å². The van der Waals surface area contributed by atoms with Gasteiger partial charge >= 0.3 is 0 Å². The van der Waals surface area contributed by atoms with Crippen molar-refractivity contribution in [1.82, 2.24) is 9.97 Å². The van der Waals surface area contributed by atoms with Gasteiger partial charge in [0.05, 0.1) is 6.20 Å². The van der Waals surface area contributed by atoms with Crippen LogP contribution >= 0.6 is 0 Å². The normalized spacial score (nSPS) is 9.92. The smallest absolute Gasteiger partial charge is 0.226 e. The standard InChI is InChI=1S/C9H14N3/c1-4-12(5-2)9-10-7-6-8(3)11-9/h6H,4-5H2,1-3H3. The first-order chi connectivity index (χ1) is 5.77. The lowest BCUT2D eigenvalue weighted by Gasteiger charge is -2.17. The molecule has 0 N–H and O–H groups in total. The topological polar surface area (TPSA) is 29.0 Å². The highest BCUT2D eigenvalue weighted by atomic mass is 15.2. The Bertz CT molecular complexity index is 243. The first-order valence-corrected chi connectivity index (χ1v) is 4.24. The van der Waals surface area contributed by atoms with E-state index in [0.29, 0.717) is 0 Å². The van der Waals surface area contributed by atoms with E-state index < -0.39 is 0 Å². The van der Waals surface area contributed by atoms with E-state index in [-0.39, 0.29) is 0 Å². The molecule has 0 bridgehead atoms. The van der Waals surface area contributed by atoms with Crippen molar-refractivity contribution in [3.8, 4) is 0 Å². The Labute approximate surface area is 73.5 Å². The van der Waals surface area contributed by atoms with Gasteiger partial charge in [-0.3, -0.25) is 0 Å². The van der Waals surface area contributed by atoms with Gasteiger partial charge in [0.25, 0.3) is 0 Å². The highest BCUT2D eigenvalue weighted by molar-refractivity contribution is 5.28. The summed E-state index contributed by atoms with van der Waals surface area (Å²) < 4.78 is 0. The number of aromatic nitrogens is 2. The molecule has 0 aliphatic heterocycles. The molecule has 0 aliphatic rings. The maximum Gasteiger partial charge on any atom is 0.226 e. The molecule has 3 nitrogen and oxygen atoms in total. The van der Waals surface area contributed by atoms with Crippen molar-refractivity contribution >= 4 is 5.95 Å². The molecule has 1 aromatic rings. The SMILES string of the molecule is CCN(CC)c1n[c]cc(C)n1. The monoisotopic (exact) mass is 164 g/mol. The Morgan fingerprint density at radius 3 is 2.58 bits per heavy atom. The molecule has 0 saturated carbocycles. The fourth-order valence-corrected chi connectivity index (χ4v) is 1.05. The molecule has 0 unspecified atom stereocenters. The minimum atomic E-state index is 0.778. The van der Waals surface area contributed by atoms with Gasteiger partial charge in [-0.1, -0.05) is 0 Å². The molecule has 0 aromatic carbocycles. The summed E-state index contributed by atoms with van der Waals surface area (Å²) in [5.41, 5.74) is 0.965. The number of anilines is 1. The summed E-state index contributed by atoms with van der Waals surface area (Å²) in [4.78, 5) is 10.5. The van der Waals surface area contributed by atoms with Gasteiger partial charge in [-0.05, 0) is 26.8 Å². The van der Waals surface area contributed by atoms with E-state index in [2.05, 4.69) is 34.9 Å². The van der Waals surface area contributed by atoms with Gasteiger partial charge < -0.3 is 4.90 Å². The molecular formula is C9H14N3. The van der Waals surface area contributed by atoms with Crippen molar-refractivity contribution < 1.29 is 0 Å². The number of aryl methyl sites for hydroxylation is 1. The Balaban J connectivity index is 2.85. The lowest BCUT2D eigenvalue weighted by Crippen LogP contribution is -2.24. The van der Waals surface area contributed by atoms with E-state index in [1.54, 1.807) is 6.07 Å². The van der Waals surface area contributed by atoms with Crippen LogP contribution in [-0.2, 0) is 0 Å². The second-order valence-electron chi connectivity index (χ2n) is 2.61. The van der Waals surface area contributed by atoms with Crippen LogP contribution in [0.3, 0.4) is 0 Å². The summed E-state index contributed by atoms with van der Waals surface area (Å²) in [6, 6.07) is 1.78. The van der Waals surface area contributed by atoms with Gasteiger partial charge in [0, 0.05) is 18.8 Å².